The van der Waals surface area contributed by atoms with Crippen LogP contribution in [0.3, 0.4) is 0 Å². The Morgan fingerprint density at radius 2 is 1.89 bits per heavy atom. The molecule has 3 fully saturated rings. The Bertz CT molecular complexity index is 2090. The number of thiazole rings is 1. The molecule has 2 aromatic rings. The van der Waals surface area contributed by atoms with Gasteiger partial charge in [0, 0.05) is 47.4 Å². The first-order valence-corrected chi connectivity index (χ1v) is 19.8. The Hall–Kier alpha value is -4.18. The fourth-order valence-corrected chi connectivity index (χ4v) is 11.8. The Morgan fingerprint density at radius 3 is 2.55 bits per heavy atom. The molecule has 13 nitrogen and oxygen atoms in total. The smallest absolute Gasteiger partial charge is 0.303 e. The number of fused-ring (bicyclic) bond motifs is 6. The number of carbonyl (C=O) groups is 4. The van der Waals surface area contributed by atoms with Crippen LogP contribution in [0.2, 0.25) is 0 Å². The summed E-state index contributed by atoms with van der Waals surface area (Å²) in [6.45, 7) is 8.77. The molecular formula is C38H45N3O10S2. The predicted octanol–water partition coefficient (Wildman–Crippen LogP) is 4.33. The highest BCUT2D eigenvalue weighted by atomic mass is 32.2. The molecule has 1 aliphatic heterocycles. The number of aryl methyl sites for hydroxylation is 1. The maximum absolute atomic E-state index is 12.9. The number of nitrogens with one attached hydrogen (secondary N) is 1. The van der Waals surface area contributed by atoms with Gasteiger partial charge >= 0.3 is 5.97 Å². The van der Waals surface area contributed by atoms with Crippen molar-refractivity contribution in [3.05, 3.63) is 70.4 Å². The Kier molecular flexibility index (Phi) is 9.88. The van der Waals surface area contributed by atoms with Crippen LogP contribution in [0.4, 0.5) is 5.13 Å². The molecule has 7 rings (SSSR count). The van der Waals surface area contributed by atoms with E-state index in [4.69, 9.17) is 4.74 Å². The van der Waals surface area contributed by atoms with E-state index in [1.807, 2.05) is 19.9 Å². The Labute approximate surface area is 312 Å². The minimum Gasteiger partial charge on any atom is -0.505 e. The van der Waals surface area contributed by atoms with Crippen LogP contribution in [0, 0.1) is 41.4 Å². The van der Waals surface area contributed by atoms with Crippen molar-refractivity contribution in [3.63, 3.8) is 0 Å². The van der Waals surface area contributed by atoms with Gasteiger partial charge in [-0.2, -0.15) is 0 Å². The number of aliphatic hydroxyl groups excluding tert-OH is 2. The number of rotatable bonds is 5. The number of Topliss-reactive ketones (excluding diaryl/α,β-unsaturated/α-hetero) is 1. The normalized spacial score (nSPS) is 33.7. The molecule has 0 unspecified atom stereocenters. The maximum atomic E-state index is 12.9. The molecule has 0 bridgehead atoms. The standard InChI is InChI=1S/C24H32O6.C14H13N3O4S2/c1-13-9-16-17-6-8-24(29,20(28)12-30-14(2)25)23(17,4)11-19(27)21(16)22(3)7-5-15(26)10-18(13)22;1-8-7-15-14(22-8)16-13(19)11-12(18)9-5-3-4-6-10(9)23(20,21)17(11)2/h5,7,10,13,16-17,19,21,27,29H,6,8-9,11-12H2,1-4H3;3-7,18H,1-2H3,(H,15,16,19)/t13-,16-,17-,19-,21+,22-,23-,24-;/m0./s1. The molecule has 15 heteroatoms. The molecule has 0 saturated heterocycles. The van der Waals surface area contributed by atoms with Gasteiger partial charge in [-0.1, -0.05) is 44.6 Å². The van der Waals surface area contributed by atoms with E-state index in [2.05, 4.69) is 24.1 Å². The van der Waals surface area contributed by atoms with Crippen molar-refractivity contribution in [1.29, 1.82) is 0 Å². The molecule has 8 atom stereocenters. The number of anilines is 1. The number of aromatic nitrogens is 1. The summed E-state index contributed by atoms with van der Waals surface area (Å²) in [5, 5.41) is 36.1. The lowest BCUT2D eigenvalue weighted by Gasteiger charge is -2.60. The largest absolute Gasteiger partial charge is 0.505 e. The monoisotopic (exact) mass is 767 g/mol. The molecule has 2 heterocycles. The van der Waals surface area contributed by atoms with Crippen molar-refractivity contribution < 1.29 is 47.7 Å². The number of ether oxygens (including phenoxy) is 1. The van der Waals surface area contributed by atoms with Gasteiger partial charge in [0.25, 0.3) is 15.9 Å². The molecule has 4 N–H and O–H groups in total. The van der Waals surface area contributed by atoms with E-state index in [-0.39, 0.29) is 51.4 Å². The van der Waals surface area contributed by atoms with Gasteiger partial charge < -0.3 is 20.1 Å². The van der Waals surface area contributed by atoms with Crippen molar-refractivity contribution in [2.24, 2.45) is 34.5 Å². The number of aliphatic hydroxyl groups is 3. The van der Waals surface area contributed by atoms with Gasteiger partial charge in [0.2, 0.25) is 5.78 Å². The second kappa shape index (κ2) is 13.6. The molecule has 4 aliphatic carbocycles. The van der Waals surface area contributed by atoms with E-state index in [0.717, 1.165) is 21.2 Å². The summed E-state index contributed by atoms with van der Waals surface area (Å²) in [5.41, 5.74) is -1.95. The fraction of sp³-hybridized carbons (Fsp3) is 0.500. The van der Waals surface area contributed by atoms with E-state index in [1.54, 1.807) is 30.5 Å². The summed E-state index contributed by atoms with van der Waals surface area (Å²) >= 11 is 1.25. The topological polar surface area (TPSA) is 200 Å². The predicted molar refractivity (Wildman–Crippen MR) is 196 cm³/mol. The zero-order valence-electron chi connectivity index (χ0n) is 30.5. The van der Waals surface area contributed by atoms with Gasteiger partial charge in [0.05, 0.1) is 11.0 Å². The minimum absolute atomic E-state index is 0.00535. The number of likely N-dealkylation sites (N-methyl/N-ethyl adjacent to an activating group) is 1. The number of esters is 1. The van der Waals surface area contributed by atoms with Crippen LogP contribution in [-0.2, 0) is 33.9 Å². The molecule has 1 amide bonds. The molecule has 53 heavy (non-hydrogen) atoms. The highest BCUT2D eigenvalue weighted by molar-refractivity contribution is 7.89. The summed E-state index contributed by atoms with van der Waals surface area (Å²) < 4.78 is 30.7. The van der Waals surface area contributed by atoms with Crippen LogP contribution in [0.25, 0.3) is 5.76 Å². The van der Waals surface area contributed by atoms with Crippen molar-refractivity contribution in [1.82, 2.24) is 9.29 Å². The van der Waals surface area contributed by atoms with E-state index in [1.165, 1.54) is 37.4 Å². The number of sulfonamides is 1. The van der Waals surface area contributed by atoms with Crippen LogP contribution in [-0.4, -0.2) is 81.8 Å². The summed E-state index contributed by atoms with van der Waals surface area (Å²) in [6.07, 6.45) is 8.30. The number of amides is 1. The van der Waals surface area contributed by atoms with Crippen molar-refractivity contribution >= 4 is 55.7 Å². The van der Waals surface area contributed by atoms with Gasteiger partial charge in [0.15, 0.2) is 29.0 Å². The third kappa shape index (κ3) is 6.24. The van der Waals surface area contributed by atoms with Crippen molar-refractivity contribution in [2.75, 3.05) is 19.0 Å². The molecule has 3 saturated carbocycles. The van der Waals surface area contributed by atoms with Crippen molar-refractivity contribution in [2.45, 2.75) is 76.9 Å². The number of allylic oxidation sites excluding steroid dienone is 4. The lowest BCUT2D eigenvalue weighted by molar-refractivity contribution is -0.182. The average Bonchev–Trinajstić information content (AvgIpc) is 3.62. The van der Waals surface area contributed by atoms with Gasteiger partial charge in [-0.3, -0.25) is 28.8 Å². The second-order valence-electron chi connectivity index (χ2n) is 15.2. The number of ketones is 2. The molecule has 0 spiro atoms. The highest BCUT2D eigenvalue weighted by Crippen LogP contribution is 2.67. The summed E-state index contributed by atoms with van der Waals surface area (Å²) in [5.74, 6) is -1.84. The minimum atomic E-state index is -3.90. The average molecular weight is 768 g/mol. The number of benzene rings is 1. The number of nitrogens with zero attached hydrogens (tertiary/aromatic N) is 2. The van der Waals surface area contributed by atoms with Crippen LogP contribution < -0.4 is 5.32 Å². The molecule has 0 radical (unpaired) electrons. The van der Waals surface area contributed by atoms with Gasteiger partial charge in [-0.25, -0.2) is 13.4 Å². The first-order chi connectivity index (χ1) is 24.8. The number of carbonyl (C=O) groups excluding carboxylic acids is 4. The van der Waals surface area contributed by atoms with Gasteiger partial charge in [0.1, 0.15) is 5.60 Å². The molecule has 1 aromatic carbocycles. The van der Waals surface area contributed by atoms with E-state index < -0.39 is 56.8 Å². The van der Waals surface area contributed by atoms with E-state index in [9.17, 15) is 42.9 Å². The zero-order chi connectivity index (χ0) is 38.8. The maximum Gasteiger partial charge on any atom is 0.303 e. The highest BCUT2D eigenvalue weighted by Gasteiger charge is 2.68. The van der Waals surface area contributed by atoms with Crippen LogP contribution in [0.5, 0.6) is 0 Å². The molecule has 1 aromatic heterocycles. The Balaban J connectivity index is 0.000000188. The van der Waals surface area contributed by atoms with Gasteiger partial charge in [-0.15, -0.1) is 11.3 Å². The zero-order valence-corrected chi connectivity index (χ0v) is 32.1. The number of hydrogen-bond acceptors (Lipinski definition) is 12. The third-order valence-electron chi connectivity index (χ3n) is 12.2. The third-order valence-corrected chi connectivity index (χ3v) is 14.9. The van der Waals surface area contributed by atoms with Crippen LogP contribution >= 0.6 is 11.3 Å². The summed E-state index contributed by atoms with van der Waals surface area (Å²) in [6, 6.07) is 5.99. The summed E-state index contributed by atoms with van der Waals surface area (Å²) in [7, 11) is -2.67. The van der Waals surface area contributed by atoms with E-state index in [0.29, 0.717) is 24.4 Å². The van der Waals surface area contributed by atoms with E-state index >= 15 is 0 Å². The first kappa shape index (κ1) is 38.5. The first-order valence-electron chi connectivity index (χ1n) is 17.5. The van der Waals surface area contributed by atoms with Gasteiger partial charge in [-0.05, 0) is 74.6 Å². The quantitative estimate of drug-likeness (QED) is 0.316. The van der Waals surface area contributed by atoms with Crippen molar-refractivity contribution in [3.8, 4) is 0 Å². The van der Waals surface area contributed by atoms with Crippen LogP contribution in [0.15, 0.2) is 64.9 Å². The molecule has 284 valence electrons. The SMILES string of the molecule is CC(=O)OCC(=O)[C@@]1(O)CC[C@H]2[C@@H]3C[C@H](C)C4=CC(=O)C=C[C@]4(C)[C@H]3[C@@H](O)C[C@@]21C.Cc1cnc(NC(=O)C2=C(O)c3ccccc3S(=O)(=O)N2C)s1. The molecular weight excluding hydrogens is 723 g/mol. The molecule has 5 aliphatic rings. The fourth-order valence-electron chi connectivity index (χ4n) is 9.75. The second-order valence-corrected chi connectivity index (χ2v) is 18.4. The lowest BCUT2D eigenvalue weighted by atomic mass is 9.45. The van der Waals surface area contributed by atoms with Crippen LogP contribution in [0.1, 0.15) is 63.8 Å². The Morgan fingerprint density at radius 1 is 1.19 bits per heavy atom. The summed E-state index contributed by atoms with van der Waals surface area (Å²) in [4.78, 5) is 53.4. The number of hydrogen-bond donors (Lipinski definition) is 4. The lowest BCUT2D eigenvalue weighted by Crippen LogP contribution is -2.62.